The smallest absolute Gasteiger partial charge is 0.0174 e. The van der Waals surface area contributed by atoms with Gasteiger partial charge in [-0.15, -0.1) is 0 Å². The van der Waals surface area contributed by atoms with Gasteiger partial charge in [0.05, 0.1) is 0 Å². The van der Waals surface area contributed by atoms with Crippen molar-refractivity contribution in [1.82, 2.24) is 4.90 Å². The maximum absolute atomic E-state index is 2.59. The van der Waals surface area contributed by atoms with E-state index in [2.05, 4.69) is 24.8 Å². The third kappa shape index (κ3) is 3.41. The van der Waals surface area contributed by atoms with Crippen molar-refractivity contribution in [3.8, 4) is 0 Å². The molecule has 0 aliphatic carbocycles. The summed E-state index contributed by atoms with van der Waals surface area (Å²) in [4.78, 5) is 2.59. The number of likely N-dealkylation sites (tertiary alicyclic amines) is 1. The van der Waals surface area contributed by atoms with Crippen molar-refractivity contribution in [2.75, 3.05) is 13.1 Å². The van der Waals surface area contributed by atoms with Gasteiger partial charge in [-0.1, -0.05) is 26.3 Å². The van der Waals surface area contributed by atoms with Gasteiger partial charge in [0, 0.05) is 18.8 Å². The minimum atomic E-state index is 1.19. The van der Waals surface area contributed by atoms with Crippen LogP contribution in [0, 0.1) is 0 Å². The standard InChI is InChI=1S/C12H23N/c1-3-8-12(9-4-2)13-10-6-5-7-11-13/h8H,3-7,9-11H2,1-2H3/b12-8-. The van der Waals surface area contributed by atoms with E-state index in [1.54, 1.807) is 5.70 Å². The molecular weight excluding hydrogens is 158 g/mol. The maximum atomic E-state index is 2.59. The normalized spacial score (nSPS) is 19.2. The molecule has 76 valence electrons. The topological polar surface area (TPSA) is 3.24 Å². The molecule has 13 heavy (non-hydrogen) atoms. The zero-order valence-electron chi connectivity index (χ0n) is 9.18. The minimum absolute atomic E-state index is 1.19. The molecule has 0 aromatic heterocycles. The van der Waals surface area contributed by atoms with Crippen LogP contribution in [-0.2, 0) is 0 Å². The molecule has 1 saturated heterocycles. The van der Waals surface area contributed by atoms with Crippen molar-refractivity contribution in [3.63, 3.8) is 0 Å². The molecule has 1 rings (SSSR count). The van der Waals surface area contributed by atoms with Gasteiger partial charge in [0.25, 0.3) is 0 Å². The van der Waals surface area contributed by atoms with Crippen molar-refractivity contribution < 1.29 is 0 Å². The molecule has 0 bridgehead atoms. The Bertz CT molecular complexity index is 155. The molecule has 0 radical (unpaired) electrons. The van der Waals surface area contributed by atoms with Crippen molar-refractivity contribution >= 4 is 0 Å². The third-order valence-electron chi connectivity index (χ3n) is 2.71. The Hall–Kier alpha value is -0.460. The lowest BCUT2D eigenvalue weighted by Gasteiger charge is -2.31. The lowest BCUT2D eigenvalue weighted by Crippen LogP contribution is -2.29. The minimum Gasteiger partial charge on any atom is -0.375 e. The van der Waals surface area contributed by atoms with Gasteiger partial charge < -0.3 is 4.90 Å². The van der Waals surface area contributed by atoms with E-state index < -0.39 is 0 Å². The zero-order chi connectivity index (χ0) is 9.52. The van der Waals surface area contributed by atoms with Crippen LogP contribution in [0.5, 0.6) is 0 Å². The quantitative estimate of drug-likeness (QED) is 0.641. The zero-order valence-corrected chi connectivity index (χ0v) is 9.18. The molecule has 0 atom stereocenters. The van der Waals surface area contributed by atoms with Gasteiger partial charge in [0.2, 0.25) is 0 Å². The van der Waals surface area contributed by atoms with Crippen LogP contribution >= 0.6 is 0 Å². The average Bonchev–Trinajstić information content (AvgIpc) is 2.19. The molecule has 0 N–H and O–H groups in total. The van der Waals surface area contributed by atoms with E-state index in [4.69, 9.17) is 0 Å². The van der Waals surface area contributed by atoms with E-state index >= 15 is 0 Å². The summed E-state index contributed by atoms with van der Waals surface area (Å²) in [6.07, 6.45) is 10.4. The fraction of sp³-hybridized carbons (Fsp3) is 0.833. The molecule has 0 unspecified atom stereocenters. The van der Waals surface area contributed by atoms with Crippen LogP contribution in [0.25, 0.3) is 0 Å². The van der Waals surface area contributed by atoms with Crippen LogP contribution in [0.4, 0.5) is 0 Å². The Kier molecular flexibility index (Phi) is 4.95. The van der Waals surface area contributed by atoms with Crippen LogP contribution in [-0.4, -0.2) is 18.0 Å². The Balaban J connectivity index is 2.46. The first kappa shape index (κ1) is 10.6. The van der Waals surface area contributed by atoms with Gasteiger partial charge in [-0.3, -0.25) is 0 Å². The maximum Gasteiger partial charge on any atom is 0.0174 e. The summed E-state index contributed by atoms with van der Waals surface area (Å²) < 4.78 is 0. The Morgan fingerprint density at radius 1 is 1.15 bits per heavy atom. The molecule has 0 aromatic rings. The fourth-order valence-corrected chi connectivity index (χ4v) is 2.06. The lowest BCUT2D eigenvalue weighted by molar-refractivity contribution is 0.275. The Morgan fingerprint density at radius 3 is 2.38 bits per heavy atom. The highest BCUT2D eigenvalue weighted by Gasteiger charge is 2.11. The first-order valence-electron chi connectivity index (χ1n) is 5.82. The molecule has 1 fully saturated rings. The number of nitrogens with zero attached hydrogens (tertiary/aromatic N) is 1. The van der Waals surface area contributed by atoms with E-state index in [0.29, 0.717) is 0 Å². The van der Waals surface area contributed by atoms with E-state index in [9.17, 15) is 0 Å². The summed E-state index contributed by atoms with van der Waals surface area (Å²) in [6.45, 7) is 7.10. The van der Waals surface area contributed by atoms with E-state index in [0.717, 1.165) is 0 Å². The molecule has 1 heterocycles. The second kappa shape index (κ2) is 6.06. The van der Waals surface area contributed by atoms with Crippen LogP contribution in [0.15, 0.2) is 11.8 Å². The van der Waals surface area contributed by atoms with Gasteiger partial charge in [0.1, 0.15) is 0 Å². The predicted octanol–water partition coefficient (Wildman–Crippen LogP) is 3.57. The average molecular weight is 181 g/mol. The molecular formula is C12H23N. The van der Waals surface area contributed by atoms with Crippen molar-refractivity contribution in [3.05, 3.63) is 11.8 Å². The highest BCUT2D eigenvalue weighted by molar-refractivity contribution is 5.01. The highest BCUT2D eigenvalue weighted by Crippen LogP contribution is 2.18. The molecule has 1 nitrogen and oxygen atoms in total. The number of hydrogen-bond acceptors (Lipinski definition) is 1. The lowest BCUT2D eigenvalue weighted by atomic mass is 10.1. The van der Waals surface area contributed by atoms with Gasteiger partial charge in [-0.25, -0.2) is 0 Å². The fourth-order valence-electron chi connectivity index (χ4n) is 2.06. The molecule has 0 amide bonds. The molecule has 0 saturated carbocycles. The first-order chi connectivity index (χ1) is 6.38. The van der Waals surface area contributed by atoms with Crippen molar-refractivity contribution in [2.24, 2.45) is 0 Å². The Morgan fingerprint density at radius 2 is 1.85 bits per heavy atom. The van der Waals surface area contributed by atoms with Crippen LogP contribution in [0.3, 0.4) is 0 Å². The highest BCUT2D eigenvalue weighted by atomic mass is 15.1. The molecule has 0 spiro atoms. The van der Waals surface area contributed by atoms with Crippen LogP contribution < -0.4 is 0 Å². The first-order valence-corrected chi connectivity index (χ1v) is 5.82. The van der Waals surface area contributed by atoms with Crippen LogP contribution in [0.1, 0.15) is 52.4 Å². The second-order valence-electron chi connectivity index (χ2n) is 3.90. The van der Waals surface area contributed by atoms with Crippen molar-refractivity contribution in [1.29, 1.82) is 0 Å². The predicted molar refractivity (Wildman–Crippen MR) is 58.7 cm³/mol. The summed E-state index contributed by atoms with van der Waals surface area (Å²) in [5.74, 6) is 0. The van der Waals surface area contributed by atoms with Gasteiger partial charge >= 0.3 is 0 Å². The molecule has 1 heteroatoms. The van der Waals surface area contributed by atoms with Gasteiger partial charge in [0.15, 0.2) is 0 Å². The third-order valence-corrected chi connectivity index (χ3v) is 2.71. The van der Waals surface area contributed by atoms with Gasteiger partial charge in [-0.2, -0.15) is 0 Å². The summed E-state index contributed by atoms with van der Waals surface area (Å²) >= 11 is 0. The van der Waals surface area contributed by atoms with Gasteiger partial charge in [-0.05, 0) is 32.1 Å². The van der Waals surface area contributed by atoms with Crippen molar-refractivity contribution in [2.45, 2.75) is 52.4 Å². The van der Waals surface area contributed by atoms with Crippen LogP contribution in [0.2, 0.25) is 0 Å². The number of piperidine rings is 1. The summed E-state index contributed by atoms with van der Waals surface area (Å²) in [6, 6.07) is 0. The number of allylic oxidation sites excluding steroid dienone is 2. The number of hydrogen-bond donors (Lipinski definition) is 0. The molecule has 1 aliphatic rings. The summed E-state index contributed by atoms with van der Waals surface area (Å²) in [5, 5.41) is 0. The summed E-state index contributed by atoms with van der Waals surface area (Å²) in [5.41, 5.74) is 1.60. The largest absolute Gasteiger partial charge is 0.375 e. The molecule has 1 aliphatic heterocycles. The molecule has 0 aromatic carbocycles. The monoisotopic (exact) mass is 181 g/mol. The van der Waals surface area contributed by atoms with E-state index in [1.807, 2.05) is 0 Å². The second-order valence-corrected chi connectivity index (χ2v) is 3.90. The SMILES string of the molecule is CC/C=C(/CCC)N1CCCCC1. The Labute approximate surface area is 82.8 Å². The van der Waals surface area contributed by atoms with E-state index in [-0.39, 0.29) is 0 Å². The summed E-state index contributed by atoms with van der Waals surface area (Å²) in [7, 11) is 0. The van der Waals surface area contributed by atoms with E-state index in [1.165, 1.54) is 51.6 Å². The number of rotatable bonds is 4.